The second-order valence-electron chi connectivity index (χ2n) is 9.36. The van der Waals surface area contributed by atoms with Crippen LogP contribution in [-0.2, 0) is 22.6 Å². The van der Waals surface area contributed by atoms with Crippen molar-refractivity contribution in [2.45, 2.75) is 38.7 Å². The van der Waals surface area contributed by atoms with Gasteiger partial charge in [-0.25, -0.2) is 0 Å². The van der Waals surface area contributed by atoms with Crippen LogP contribution in [0.3, 0.4) is 0 Å². The zero-order chi connectivity index (χ0) is 27.8. The number of anilines is 1. The smallest absolute Gasteiger partial charge is 0.303 e. The molecule has 4 aromatic carbocycles. The quantitative estimate of drug-likeness (QED) is 0.216. The van der Waals surface area contributed by atoms with Crippen LogP contribution in [0.25, 0.3) is 10.8 Å². The van der Waals surface area contributed by atoms with Gasteiger partial charge in [-0.05, 0) is 53.3 Å². The van der Waals surface area contributed by atoms with E-state index in [0.717, 1.165) is 27.5 Å². The lowest BCUT2D eigenvalue weighted by molar-refractivity contribution is -0.137. The van der Waals surface area contributed by atoms with Crippen molar-refractivity contribution in [3.05, 3.63) is 95.6 Å². The highest BCUT2D eigenvalue weighted by Crippen LogP contribution is 2.30. The van der Waals surface area contributed by atoms with Gasteiger partial charge >= 0.3 is 5.97 Å². The first-order valence-corrected chi connectivity index (χ1v) is 12.9. The number of ether oxygens (including phenoxy) is 3. The van der Waals surface area contributed by atoms with Crippen molar-refractivity contribution in [3.8, 4) is 17.2 Å². The minimum Gasteiger partial charge on any atom is -0.496 e. The molecule has 4 aromatic rings. The van der Waals surface area contributed by atoms with Gasteiger partial charge < -0.3 is 24.6 Å². The number of aliphatic carboxylic acids is 1. The van der Waals surface area contributed by atoms with E-state index >= 15 is 0 Å². The number of carboxylic acids is 1. The van der Waals surface area contributed by atoms with Crippen molar-refractivity contribution >= 4 is 28.3 Å². The fourth-order valence-corrected chi connectivity index (χ4v) is 4.52. The van der Waals surface area contributed by atoms with Gasteiger partial charge in [-0.3, -0.25) is 9.59 Å². The van der Waals surface area contributed by atoms with Gasteiger partial charge in [0, 0.05) is 30.3 Å². The number of hydrogen-bond donors (Lipinski definition) is 2. The van der Waals surface area contributed by atoms with E-state index in [2.05, 4.69) is 5.32 Å². The van der Waals surface area contributed by atoms with Gasteiger partial charge in [-0.1, -0.05) is 54.6 Å². The molecule has 0 heterocycles. The van der Waals surface area contributed by atoms with Gasteiger partial charge in [-0.2, -0.15) is 0 Å². The Morgan fingerprint density at radius 2 is 1.56 bits per heavy atom. The highest BCUT2D eigenvalue weighted by Gasteiger charge is 2.19. The van der Waals surface area contributed by atoms with Crippen molar-refractivity contribution < 1.29 is 28.9 Å². The molecule has 39 heavy (non-hydrogen) atoms. The van der Waals surface area contributed by atoms with Crippen molar-refractivity contribution in [2.24, 2.45) is 0 Å². The molecule has 0 aliphatic rings. The zero-order valence-corrected chi connectivity index (χ0v) is 22.4. The third-order valence-electron chi connectivity index (χ3n) is 6.68. The van der Waals surface area contributed by atoms with E-state index < -0.39 is 11.9 Å². The maximum atomic E-state index is 13.5. The maximum absolute atomic E-state index is 13.5. The van der Waals surface area contributed by atoms with Crippen LogP contribution < -0.4 is 19.5 Å². The van der Waals surface area contributed by atoms with Gasteiger partial charge in [0.25, 0.3) is 0 Å². The van der Waals surface area contributed by atoms with Crippen LogP contribution in [0.1, 0.15) is 42.4 Å². The number of fused-ring (bicyclic) bond motifs is 1. The number of benzene rings is 4. The number of aryl methyl sites for hydroxylation is 1. The van der Waals surface area contributed by atoms with Crippen molar-refractivity contribution in [1.29, 1.82) is 0 Å². The Kier molecular flexibility index (Phi) is 9.05. The molecule has 0 bridgehead atoms. The van der Waals surface area contributed by atoms with E-state index in [-0.39, 0.29) is 18.9 Å². The first-order valence-electron chi connectivity index (χ1n) is 12.9. The van der Waals surface area contributed by atoms with Crippen molar-refractivity contribution in [2.75, 3.05) is 19.5 Å². The zero-order valence-electron chi connectivity index (χ0n) is 22.4. The summed E-state index contributed by atoms with van der Waals surface area (Å²) in [7, 11) is 3.16. The second kappa shape index (κ2) is 12.8. The lowest BCUT2D eigenvalue weighted by Crippen LogP contribution is -2.20. The molecule has 0 aliphatic heterocycles. The van der Waals surface area contributed by atoms with Crippen LogP contribution in [-0.4, -0.2) is 31.2 Å². The first-order chi connectivity index (χ1) is 18.9. The summed E-state index contributed by atoms with van der Waals surface area (Å²) >= 11 is 0. The Bertz CT molecular complexity index is 1440. The highest BCUT2D eigenvalue weighted by atomic mass is 16.5. The van der Waals surface area contributed by atoms with Crippen LogP contribution in [0, 0.1) is 0 Å². The molecule has 0 saturated heterocycles. The monoisotopic (exact) mass is 527 g/mol. The van der Waals surface area contributed by atoms with Crippen molar-refractivity contribution in [1.82, 2.24) is 0 Å². The Balaban J connectivity index is 1.56. The number of carbonyl (C=O) groups excluding carboxylic acids is 1. The summed E-state index contributed by atoms with van der Waals surface area (Å²) in [6, 6.07) is 25.0. The number of carbonyl (C=O) groups is 2. The third-order valence-corrected chi connectivity index (χ3v) is 6.68. The molecule has 202 valence electrons. The molecule has 0 radical (unpaired) electrons. The maximum Gasteiger partial charge on any atom is 0.303 e. The lowest BCUT2D eigenvalue weighted by Gasteiger charge is -2.18. The summed E-state index contributed by atoms with van der Waals surface area (Å²) in [5.74, 6) is 0.450. The van der Waals surface area contributed by atoms with Gasteiger partial charge in [0.15, 0.2) is 0 Å². The molecule has 0 saturated carbocycles. The number of carboxylic acid groups (broad SMARTS) is 1. The Morgan fingerprint density at radius 3 is 2.28 bits per heavy atom. The van der Waals surface area contributed by atoms with Crippen LogP contribution in [0.15, 0.2) is 78.9 Å². The highest BCUT2D eigenvalue weighted by molar-refractivity contribution is 5.99. The summed E-state index contributed by atoms with van der Waals surface area (Å²) in [4.78, 5) is 24.5. The predicted octanol–water partition coefficient (Wildman–Crippen LogP) is 6.59. The van der Waals surface area contributed by atoms with Gasteiger partial charge in [0.1, 0.15) is 23.9 Å². The molecule has 7 nitrogen and oxygen atoms in total. The third kappa shape index (κ3) is 7.08. The topological polar surface area (TPSA) is 94.1 Å². The summed E-state index contributed by atoms with van der Waals surface area (Å²) in [5.41, 5.74) is 3.33. The standard InChI is InChI=1S/C32H33NO6/c1-21(28-12-6-9-23-8-4-5-11-29(23)28)32(36)33-30-16-22(14-15-24(30)10-7-13-31(34)35)20-39-27-18-25(37-2)17-26(19-27)38-3/h4-6,8-9,11-12,14-19,21H,7,10,13,20H2,1-3H3,(H,33,36)(H,34,35). The number of hydrogen-bond acceptors (Lipinski definition) is 5. The fourth-order valence-electron chi connectivity index (χ4n) is 4.52. The molecule has 7 heteroatoms. The van der Waals surface area contributed by atoms with E-state index in [1.165, 1.54) is 0 Å². The molecule has 2 N–H and O–H groups in total. The van der Waals surface area contributed by atoms with Crippen LogP contribution in [0.2, 0.25) is 0 Å². The average Bonchev–Trinajstić information content (AvgIpc) is 2.95. The Hall–Kier alpha value is -4.52. The molecule has 0 aromatic heterocycles. The molecule has 0 spiro atoms. The minimum atomic E-state index is -0.844. The molecule has 4 rings (SSSR count). The molecule has 1 amide bonds. The fraction of sp³-hybridized carbons (Fsp3) is 0.250. The average molecular weight is 528 g/mol. The normalized spacial score (nSPS) is 11.6. The molecule has 1 unspecified atom stereocenters. The van der Waals surface area contributed by atoms with E-state index in [4.69, 9.17) is 19.3 Å². The minimum absolute atomic E-state index is 0.0579. The molecular weight excluding hydrogens is 494 g/mol. The van der Waals surface area contributed by atoms with Crippen LogP contribution in [0.4, 0.5) is 5.69 Å². The summed E-state index contributed by atoms with van der Waals surface area (Å²) in [5, 5.41) is 14.3. The Morgan fingerprint density at radius 1 is 0.872 bits per heavy atom. The van der Waals surface area contributed by atoms with Crippen LogP contribution >= 0.6 is 0 Å². The lowest BCUT2D eigenvalue weighted by atomic mass is 9.94. The van der Waals surface area contributed by atoms with E-state index in [0.29, 0.717) is 35.8 Å². The van der Waals surface area contributed by atoms with Gasteiger partial charge in [-0.15, -0.1) is 0 Å². The summed E-state index contributed by atoms with van der Waals surface area (Å²) in [6.07, 6.45) is 1.05. The molecule has 0 aliphatic carbocycles. The molecule has 0 fully saturated rings. The number of nitrogens with one attached hydrogen (secondary N) is 1. The number of methoxy groups -OCH3 is 2. The summed E-state index contributed by atoms with van der Waals surface area (Å²) in [6.45, 7) is 2.15. The number of rotatable bonds is 12. The Labute approximate surface area is 228 Å². The molecule has 1 atom stereocenters. The second-order valence-corrected chi connectivity index (χ2v) is 9.36. The molecular formula is C32H33NO6. The van der Waals surface area contributed by atoms with Gasteiger partial charge in [0.05, 0.1) is 20.1 Å². The van der Waals surface area contributed by atoms with E-state index in [9.17, 15) is 9.59 Å². The largest absolute Gasteiger partial charge is 0.496 e. The number of amides is 1. The predicted molar refractivity (Wildman–Crippen MR) is 152 cm³/mol. The van der Waals surface area contributed by atoms with E-state index in [1.54, 1.807) is 32.4 Å². The first kappa shape index (κ1) is 27.5. The SMILES string of the molecule is COc1cc(OC)cc(OCc2ccc(CCCC(=O)O)c(NC(=O)C(C)c3cccc4ccccc34)c2)c1. The van der Waals surface area contributed by atoms with E-state index in [1.807, 2.05) is 67.6 Å². The van der Waals surface area contributed by atoms with Crippen LogP contribution in [0.5, 0.6) is 17.2 Å². The van der Waals surface area contributed by atoms with Gasteiger partial charge in [0.2, 0.25) is 5.91 Å². The summed E-state index contributed by atoms with van der Waals surface area (Å²) < 4.78 is 16.6. The van der Waals surface area contributed by atoms with Crippen molar-refractivity contribution in [3.63, 3.8) is 0 Å².